The van der Waals surface area contributed by atoms with Gasteiger partial charge in [-0.15, -0.1) is 0 Å². The molecule has 0 aliphatic carbocycles. The van der Waals surface area contributed by atoms with E-state index in [9.17, 15) is 9.59 Å². The molecular weight excluding hydrogens is 306 g/mol. The molecule has 0 aromatic carbocycles. The molecule has 0 saturated carbocycles. The molecule has 0 N–H and O–H groups in total. The number of amides is 2. The zero-order valence-corrected chi connectivity index (χ0v) is 14.8. The number of aryl methyl sites for hydroxylation is 1. The van der Waals surface area contributed by atoms with Gasteiger partial charge in [0.1, 0.15) is 5.60 Å². The molecule has 24 heavy (non-hydrogen) atoms. The second-order valence-electron chi connectivity index (χ2n) is 7.64. The number of pyridine rings is 1. The van der Waals surface area contributed by atoms with E-state index in [0.29, 0.717) is 13.0 Å². The number of aromatic nitrogens is 1. The predicted molar refractivity (Wildman–Crippen MR) is 90.8 cm³/mol. The van der Waals surface area contributed by atoms with Gasteiger partial charge in [0.15, 0.2) is 0 Å². The average Bonchev–Trinajstić information content (AvgIpc) is 2.79. The molecule has 1 aromatic heterocycles. The quantitative estimate of drug-likeness (QED) is 0.794. The van der Waals surface area contributed by atoms with Crippen LogP contribution in [0.5, 0.6) is 0 Å². The Hall–Kier alpha value is -2.11. The Balaban J connectivity index is 1.82. The lowest BCUT2D eigenvalue weighted by Crippen LogP contribution is -2.45. The van der Waals surface area contributed by atoms with Gasteiger partial charge in [0, 0.05) is 24.7 Å². The van der Waals surface area contributed by atoms with Crippen molar-refractivity contribution in [2.24, 2.45) is 0 Å². The second kappa shape index (κ2) is 6.07. The Bertz CT molecular complexity index is 636. The fourth-order valence-corrected chi connectivity index (χ4v) is 3.45. The molecule has 2 atom stereocenters. The summed E-state index contributed by atoms with van der Waals surface area (Å²) in [4.78, 5) is 33.1. The van der Waals surface area contributed by atoms with Gasteiger partial charge in [-0.25, -0.2) is 4.79 Å². The maximum Gasteiger partial charge on any atom is 0.410 e. The van der Waals surface area contributed by atoms with Crippen LogP contribution in [0.25, 0.3) is 0 Å². The maximum absolute atomic E-state index is 12.7. The minimum Gasteiger partial charge on any atom is -0.444 e. The number of ether oxygens (including phenoxy) is 1. The van der Waals surface area contributed by atoms with Crippen molar-refractivity contribution in [2.45, 2.75) is 64.6 Å². The molecule has 2 unspecified atom stereocenters. The van der Waals surface area contributed by atoms with E-state index < -0.39 is 5.60 Å². The number of anilines is 1. The molecule has 3 rings (SSSR count). The van der Waals surface area contributed by atoms with Crippen LogP contribution in [-0.2, 0) is 9.53 Å². The minimum absolute atomic E-state index is 0.00222. The van der Waals surface area contributed by atoms with E-state index in [4.69, 9.17) is 4.74 Å². The Morgan fingerprint density at radius 1 is 1.25 bits per heavy atom. The standard InChI is InChI=1S/C18H25N3O3/c1-12-5-6-14(10-19-12)20-11-15-8-7-13(9-16(20)22)21(15)17(23)24-18(2,3)4/h5-6,10,13,15H,7-9,11H2,1-4H3. The van der Waals surface area contributed by atoms with Crippen molar-refractivity contribution in [1.29, 1.82) is 0 Å². The number of fused-ring (bicyclic) bond motifs is 2. The average molecular weight is 331 g/mol. The van der Waals surface area contributed by atoms with Gasteiger partial charge in [0.05, 0.1) is 17.9 Å². The van der Waals surface area contributed by atoms with E-state index in [1.165, 1.54) is 0 Å². The largest absolute Gasteiger partial charge is 0.444 e. The van der Waals surface area contributed by atoms with Gasteiger partial charge in [0.2, 0.25) is 5.91 Å². The minimum atomic E-state index is -0.534. The van der Waals surface area contributed by atoms with Crippen molar-refractivity contribution in [3.63, 3.8) is 0 Å². The molecule has 3 heterocycles. The van der Waals surface area contributed by atoms with Crippen LogP contribution in [0.2, 0.25) is 0 Å². The molecule has 130 valence electrons. The van der Waals surface area contributed by atoms with E-state index in [-0.39, 0.29) is 24.1 Å². The van der Waals surface area contributed by atoms with Crippen molar-refractivity contribution < 1.29 is 14.3 Å². The highest BCUT2D eigenvalue weighted by molar-refractivity contribution is 5.94. The van der Waals surface area contributed by atoms with Crippen molar-refractivity contribution in [3.05, 3.63) is 24.0 Å². The van der Waals surface area contributed by atoms with E-state index >= 15 is 0 Å². The summed E-state index contributed by atoms with van der Waals surface area (Å²) in [5.74, 6) is 0.0430. The molecular formula is C18H25N3O3. The molecule has 0 spiro atoms. The molecule has 2 amide bonds. The predicted octanol–water partition coefficient (Wildman–Crippen LogP) is 2.89. The lowest BCUT2D eigenvalue weighted by Gasteiger charge is -2.31. The molecule has 6 heteroatoms. The van der Waals surface area contributed by atoms with Crippen LogP contribution in [-0.4, -0.2) is 46.1 Å². The summed E-state index contributed by atoms with van der Waals surface area (Å²) in [7, 11) is 0. The monoisotopic (exact) mass is 331 g/mol. The number of hydrogen-bond acceptors (Lipinski definition) is 4. The van der Waals surface area contributed by atoms with Gasteiger partial charge >= 0.3 is 6.09 Å². The second-order valence-corrected chi connectivity index (χ2v) is 7.64. The number of hydrogen-bond donors (Lipinski definition) is 0. The van der Waals surface area contributed by atoms with Gasteiger partial charge < -0.3 is 9.64 Å². The van der Waals surface area contributed by atoms with Gasteiger partial charge in [-0.3, -0.25) is 14.7 Å². The first-order valence-electron chi connectivity index (χ1n) is 8.49. The Morgan fingerprint density at radius 2 is 1.96 bits per heavy atom. The molecule has 2 bridgehead atoms. The maximum atomic E-state index is 12.7. The van der Waals surface area contributed by atoms with Gasteiger partial charge in [0.25, 0.3) is 0 Å². The molecule has 1 aromatic rings. The van der Waals surface area contributed by atoms with Crippen LogP contribution in [0.3, 0.4) is 0 Å². The molecule has 2 aliphatic rings. The van der Waals surface area contributed by atoms with Gasteiger partial charge in [-0.2, -0.15) is 0 Å². The van der Waals surface area contributed by atoms with Crippen LogP contribution in [0.1, 0.15) is 45.7 Å². The van der Waals surface area contributed by atoms with Crippen LogP contribution in [0.15, 0.2) is 18.3 Å². The number of rotatable bonds is 1. The Kier molecular flexibility index (Phi) is 4.24. The van der Waals surface area contributed by atoms with E-state index in [1.54, 1.807) is 16.0 Å². The third kappa shape index (κ3) is 3.37. The SMILES string of the molecule is Cc1ccc(N2CC3CCC(CC2=O)N3C(=O)OC(C)(C)C)cn1. The first kappa shape index (κ1) is 16.7. The van der Waals surface area contributed by atoms with Crippen LogP contribution in [0.4, 0.5) is 10.5 Å². The van der Waals surface area contributed by atoms with Crippen LogP contribution in [0, 0.1) is 6.92 Å². The molecule has 2 saturated heterocycles. The normalized spacial score (nSPS) is 24.1. The summed E-state index contributed by atoms with van der Waals surface area (Å²) in [5.41, 5.74) is 1.17. The number of carbonyl (C=O) groups excluding carboxylic acids is 2. The lowest BCUT2D eigenvalue weighted by atomic mass is 10.1. The Labute approximate surface area is 142 Å². The lowest BCUT2D eigenvalue weighted by molar-refractivity contribution is -0.119. The van der Waals surface area contributed by atoms with E-state index in [0.717, 1.165) is 24.2 Å². The van der Waals surface area contributed by atoms with Crippen molar-refractivity contribution >= 4 is 17.7 Å². The summed E-state index contributed by atoms with van der Waals surface area (Å²) in [5, 5.41) is 0. The molecule has 6 nitrogen and oxygen atoms in total. The highest BCUT2D eigenvalue weighted by atomic mass is 16.6. The molecule has 0 radical (unpaired) electrons. The van der Waals surface area contributed by atoms with Crippen molar-refractivity contribution in [2.75, 3.05) is 11.4 Å². The molecule has 2 aliphatic heterocycles. The third-order valence-corrected chi connectivity index (χ3v) is 4.54. The van der Waals surface area contributed by atoms with Crippen LogP contribution >= 0.6 is 0 Å². The van der Waals surface area contributed by atoms with E-state index in [2.05, 4.69) is 4.98 Å². The third-order valence-electron chi connectivity index (χ3n) is 4.54. The van der Waals surface area contributed by atoms with Gasteiger partial charge in [-0.1, -0.05) is 0 Å². The highest BCUT2D eigenvalue weighted by Crippen LogP contribution is 2.33. The van der Waals surface area contributed by atoms with Crippen molar-refractivity contribution in [1.82, 2.24) is 9.88 Å². The summed E-state index contributed by atoms with van der Waals surface area (Å²) in [6.07, 6.45) is 3.50. The number of nitrogens with zero attached hydrogens (tertiary/aromatic N) is 3. The zero-order valence-electron chi connectivity index (χ0n) is 14.8. The highest BCUT2D eigenvalue weighted by Gasteiger charge is 2.44. The topological polar surface area (TPSA) is 62.7 Å². The smallest absolute Gasteiger partial charge is 0.410 e. The fraction of sp³-hybridized carbons (Fsp3) is 0.611. The van der Waals surface area contributed by atoms with Crippen molar-refractivity contribution in [3.8, 4) is 0 Å². The first-order valence-corrected chi connectivity index (χ1v) is 8.49. The first-order chi connectivity index (χ1) is 11.2. The summed E-state index contributed by atoms with van der Waals surface area (Å²) in [6, 6.07) is 3.74. The summed E-state index contributed by atoms with van der Waals surface area (Å²) in [6.45, 7) is 8.00. The zero-order chi connectivity index (χ0) is 17.5. The summed E-state index contributed by atoms with van der Waals surface area (Å²) >= 11 is 0. The molecule has 2 fully saturated rings. The van der Waals surface area contributed by atoms with Crippen LogP contribution < -0.4 is 4.90 Å². The summed E-state index contributed by atoms with van der Waals surface area (Å²) < 4.78 is 5.55. The number of carbonyl (C=O) groups is 2. The van der Waals surface area contributed by atoms with E-state index in [1.807, 2.05) is 39.8 Å². The fourth-order valence-electron chi connectivity index (χ4n) is 3.45. The Morgan fingerprint density at radius 3 is 2.58 bits per heavy atom. The van der Waals surface area contributed by atoms with Gasteiger partial charge in [-0.05, 0) is 52.7 Å².